The number of benzene rings is 2. The number of imidazole rings is 1. The molecule has 5 heterocycles. The largest absolute Gasteiger partial charge is 0.494 e. The Morgan fingerprint density at radius 1 is 1.00 bits per heavy atom. The molecule has 0 bridgehead atoms. The number of aryl methyl sites for hydroxylation is 1. The van der Waals surface area contributed by atoms with E-state index in [4.69, 9.17) is 9.84 Å². The number of carbonyl (C=O) groups is 3. The molecular weight excluding hydrogens is 713 g/mol. The lowest BCUT2D eigenvalue weighted by atomic mass is 9.84. The zero-order chi connectivity index (χ0) is 39.3. The molecule has 0 spiro atoms. The number of pyridine rings is 1. The molecule has 1 aliphatic carbocycles. The summed E-state index contributed by atoms with van der Waals surface area (Å²) in [7, 11) is 3.35. The molecule has 3 aliphatic rings. The molecule has 3 amide bonds. The van der Waals surface area contributed by atoms with Gasteiger partial charge in [-0.15, -0.1) is 0 Å². The van der Waals surface area contributed by atoms with Crippen LogP contribution >= 0.6 is 0 Å². The first-order valence-corrected chi connectivity index (χ1v) is 19.7. The fraction of sp³-hybridized carbons (Fsp3) is 0.476. The SMILES string of the molecule is COc1cc2nn([C@H]3CC[C@H](CN4CCC(c5cccc6c5n(C)c(=O)n6C5CCC(=O)NC5=O)CC4)CC3)cc2cc1NC(=O)c1cccc(C(C)(C)O)n1. The minimum absolute atomic E-state index is 0.202. The highest BCUT2D eigenvalue weighted by atomic mass is 16.5. The molecule has 1 unspecified atom stereocenters. The number of hydrogen-bond acceptors (Lipinski definition) is 9. The average molecular weight is 763 g/mol. The van der Waals surface area contributed by atoms with Gasteiger partial charge in [-0.3, -0.25) is 33.5 Å². The lowest BCUT2D eigenvalue weighted by Crippen LogP contribution is -2.44. The molecule has 3 aromatic heterocycles. The first-order chi connectivity index (χ1) is 26.9. The predicted molar refractivity (Wildman–Crippen MR) is 212 cm³/mol. The number of piperidine rings is 2. The van der Waals surface area contributed by atoms with E-state index in [-0.39, 0.29) is 23.7 Å². The number of ether oxygens (including phenoxy) is 1. The Morgan fingerprint density at radius 3 is 2.46 bits per heavy atom. The highest BCUT2D eigenvalue weighted by Crippen LogP contribution is 2.38. The zero-order valence-corrected chi connectivity index (χ0v) is 32.5. The van der Waals surface area contributed by atoms with Gasteiger partial charge in [0.25, 0.3) is 5.91 Å². The van der Waals surface area contributed by atoms with Crippen LogP contribution in [0.2, 0.25) is 0 Å². The van der Waals surface area contributed by atoms with Gasteiger partial charge >= 0.3 is 5.69 Å². The minimum atomic E-state index is -1.17. The number of imide groups is 1. The maximum Gasteiger partial charge on any atom is 0.329 e. The van der Waals surface area contributed by atoms with Crippen LogP contribution in [0.3, 0.4) is 0 Å². The van der Waals surface area contributed by atoms with Crippen molar-refractivity contribution in [2.45, 2.75) is 88.8 Å². The monoisotopic (exact) mass is 762 g/mol. The number of rotatable bonds is 9. The number of para-hydroxylation sites is 1. The van der Waals surface area contributed by atoms with Crippen molar-refractivity contribution in [2.75, 3.05) is 32.1 Å². The van der Waals surface area contributed by atoms with E-state index < -0.39 is 23.5 Å². The number of amides is 3. The zero-order valence-electron chi connectivity index (χ0n) is 32.5. The van der Waals surface area contributed by atoms with E-state index in [1.807, 2.05) is 24.3 Å². The number of nitrogens with zero attached hydrogens (tertiary/aromatic N) is 6. The fourth-order valence-corrected chi connectivity index (χ4v) is 9.03. The summed E-state index contributed by atoms with van der Waals surface area (Å²) in [4.78, 5) is 58.1. The van der Waals surface area contributed by atoms with Crippen LogP contribution < -0.4 is 21.1 Å². The number of aromatic nitrogens is 5. The van der Waals surface area contributed by atoms with Crippen LogP contribution in [0.5, 0.6) is 5.75 Å². The van der Waals surface area contributed by atoms with Gasteiger partial charge in [-0.1, -0.05) is 18.2 Å². The van der Waals surface area contributed by atoms with E-state index in [9.17, 15) is 24.3 Å². The second-order valence-corrected chi connectivity index (χ2v) is 16.3. The first-order valence-electron chi connectivity index (χ1n) is 19.7. The third-order valence-electron chi connectivity index (χ3n) is 12.1. The number of carbonyl (C=O) groups excluding carboxylic acids is 3. The molecule has 2 saturated heterocycles. The summed E-state index contributed by atoms with van der Waals surface area (Å²) in [5.41, 5.74) is 3.34. The number of nitrogens with one attached hydrogen (secondary N) is 2. The highest BCUT2D eigenvalue weighted by molar-refractivity contribution is 6.05. The number of likely N-dealkylation sites (tertiary alicyclic amines) is 1. The molecule has 2 aliphatic heterocycles. The molecule has 1 saturated carbocycles. The summed E-state index contributed by atoms with van der Waals surface area (Å²) in [5, 5.41) is 21.5. The lowest BCUT2D eigenvalue weighted by Gasteiger charge is -2.37. The summed E-state index contributed by atoms with van der Waals surface area (Å²) in [6.07, 6.45) is 8.93. The van der Waals surface area contributed by atoms with Crippen LogP contribution in [0.4, 0.5) is 5.69 Å². The van der Waals surface area contributed by atoms with Crippen molar-refractivity contribution in [1.29, 1.82) is 0 Å². The molecule has 1 atom stereocenters. The van der Waals surface area contributed by atoms with Gasteiger partial charge in [0.1, 0.15) is 23.1 Å². The van der Waals surface area contributed by atoms with Crippen LogP contribution in [0.1, 0.15) is 105 Å². The van der Waals surface area contributed by atoms with Gasteiger partial charge in [0, 0.05) is 37.7 Å². The summed E-state index contributed by atoms with van der Waals surface area (Å²) < 4.78 is 11.0. The number of aliphatic hydroxyl groups is 1. The molecule has 56 heavy (non-hydrogen) atoms. The van der Waals surface area contributed by atoms with Gasteiger partial charge in [-0.2, -0.15) is 5.10 Å². The molecular formula is C42H50N8O6. The molecule has 294 valence electrons. The minimum Gasteiger partial charge on any atom is -0.494 e. The maximum absolute atomic E-state index is 13.5. The molecule has 5 aromatic rings. The van der Waals surface area contributed by atoms with E-state index in [2.05, 4.69) is 37.5 Å². The normalized spacial score (nSPS) is 21.4. The van der Waals surface area contributed by atoms with E-state index in [1.54, 1.807) is 55.3 Å². The molecule has 2 aromatic carbocycles. The van der Waals surface area contributed by atoms with Gasteiger partial charge in [0.05, 0.1) is 41.1 Å². The molecule has 14 nitrogen and oxygen atoms in total. The second-order valence-electron chi connectivity index (χ2n) is 16.3. The Balaban J connectivity index is 0.877. The second kappa shape index (κ2) is 15.0. The Morgan fingerprint density at radius 2 is 1.75 bits per heavy atom. The third-order valence-corrected chi connectivity index (χ3v) is 12.1. The van der Waals surface area contributed by atoms with Gasteiger partial charge in [-0.05, 0) is 114 Å². The smallest absolute Gasteiger partial charge is 0.329 e. The first kappa shape index (κ1) is 37.6. The van der Waals surface area contributed by atoms with Crippen molar-refractivity contribution in [3.05, 3.63) is 82.2 Å². The van der Waals surface area contributed by atoms with Crippen LogP contribution in [0, 0.1) is 5.92 Å². The summed E-state index contributed by atoms with van der Waals surface area (Å²) >= 11 is 0. The summed E-state index contributed by atoms with van der Waals surface area (Å²) in [6, 6.07) is 14.4. The highest BCUT2D eigenvalue weighted by Gasteiger charge is 2.33. The summed E-state index contributed by atoms with van der Waals surface area (Å²) in [6.45, 7) is 6.33. The fourth-order valence-electron chi connectivity index (χ4n) is 9.03. The quantitative estimate of drug-likeness (QED) is 0.172. The van der Waals surface area contributed by atoms with Gasteiger partial charge in [0.15, 0.2) is 0 Å². The van der Waals surface area contributed by atoms with Crippen LogP contribution in [0.25, 0.3) is 21.9 Å². The van der Waals surface area contributed by atoms with E-state index in [0.29, 0.717) is 41.4 Å². The van der Waals surface area contributed by atoms with E-state index in [1.165, 1.54) is 0 Å². The number of methoxy groups -OCH3 is 1. The van der Waals surface area contributed by atoms with Gasteiger partial charge in [0.2, 0.25) is 11.8 Å². The van der Waals surface area contributed by atoms with Crippen LogP contribution in [-0.4, -0.2) is 78.4 Å². The Kier molecular flexibility index (Phi) is 10.0. The lowest BCUT2D eigenvalue weighted by molar-refractivity contribution is -0.135. The topological polar surface area (TPSA) is 166 Å². The predicted octanol–water partition coefficient (Wildman–Crippen LogP) is 5.16. The van der Waals surface area contributed by atoms with Crippen LogP contribution in [-0.2, 0) is 22.2 Å². The number of hydrogen-bond donors (Lipinski definition) is 3. The standard InChI is InChI=1S/C42H50N8O6/c1-42(2,55)36-10-6-8-30(43-36)39(52)44-32-21-27-24-49(46-31(27)22-35(32)56-4)28-13-11-25(12-14-28)23-48-19-17-26(18-20-48)29-7-5-9-33-38(29)47(3)41(54)50(33)34-15-16-37(51)45-40(34)53/h5-10,21-22,24-26,28,34,55H,11-20,23H2,1-4H3,(H,44,52)(H,45,51,53)/t25-,28-,34?. The molecule has 8 rings (SSSR count). The van der Waals surface area contributed by atoms with Crippen LogP contribution in [0.15, 0.2) is 59.5 Å². The molecule has 3 N–H and O–H groups in total. The molecule has 3 fully saturated rings. The molecule has 14 heteroatoms. The summed E-state index contributed by atoms with van der Waals surface area (Å²) in [5.74, 6) is 0.341. The Bertz CT molecular complexity index is 2370. The van der Waals surface area contributed by atoms with E-state index in [0.717, 1.165) is 85.7 Å². The Hall–Kier alpha value is -5.34. The van der Waals surface area contributed by atoms with Crippen molar-refractivity contribution in [2.24, 2.45) is 13.0 Å². The van der Waals surface area contributed by atoms with Crippen molar-refractivity contribution >= 4 is 45.3 Å². The van der Waals surface area contributed by atoms with Crippen molar-refractivity contribution in [3.63, 3.8) is 0 Å². The van der Waals surface area contributed by atoms with E-state index >= 15 is 0 Å². The Labute approximate surface area is 324 Å². The third kappa shape index (κ3) is 7.23. The van der Waals surface area contributed by atoms with Crippen molar-refractivity contribution in [1.82, 2.24) is 34.1 Å². The van der Waals surface area contributed by atoms with Gasteiger partial charge < -0.3 is 20.1 Å². The number of fused-ring (bicyclic) bond motifs is 2. The van der Waals surface area contributed by atoms with Crippen molar-refractivity contribution < 1.29 is 24.2 Å². The molecule has 0 radical (unpaired) electrons. The number of anilines is 1. The maximum atomic E-state index is 13.5. The average Bonchev–Trinajstić information content (AvgIpc) is 3.72. The van der Waals surface area contributed by atoms with Gasteiger partial charge in [-0.25, -0.2) is 9.78 Å². The van der Waals surface area contributed by atoms with Crippen molar-refractivity contribution in [3.8, 4) is 5.75 Å².